The highest BCUT2D eigenvalue weighted by Crippen LogP contribution is 2.43. The third-order valence-corrected chi connectivity index (χ3v) is 3.86. The molecule has 0 radical (unpaired) electrons. The first-order chi connectivity index (χ1) is 8.33. The van der Waals surface area contributed by atoms with Crippen molar-refractivity contribution in [3.63, 3.8) is 0 Å². The quantitative estimate of drug-likeness (QED) is 0.411. The van der Waals surface area contributed by atoms with Gasteiger partial charge < -0.3 is 9.47 Å². The Morgan fingerprint density at radius 1 is 1.00 bits per heavy atom. The highest BCUT2D eigenvalue weighted by molar-refractivity contribution is 6.48. The van der Waals surface area contributed by atoms with Crippen molar-refractivity contribution in [3.8, 4) is 0 Å². The summed E-state index contributed by atoms with van der Waals surface area (Å²) in [4.78, 5) is 20.1. The van der Waals surface area contributed by atoms with Crippen LogP contribution in [0.5, 0.6) is 0 Å². The third-order valence-electron chi connectivity index (χ3n) is 2.50. The second-order valence-corrected chi connectivity index (χ2v) is 4.86. The molecule has 0 aliphatic rings. The average molecular weight is 295 g/mol. The number of methoxy groups -OCH3 is 2. The lowest BCUT2D eigenvalue weighted by Crippen LogP contribution is -2.57. The smallest absolute Gasteiger partial charge is 0.329 e. The maximum Gasteiger partial charge on any atom is 0.329 e. The van der Waals surface area contributed by atoms with Gasteiger partial charge in [-0.3, -0.25) is 9.59 Å². The van der Waals surface area contributed by atoms with Crippen molar-refractivity contribution in [3.05, 3.63) is 25.3 Å². The van der Waals surface area contributed by atoms with Gasteiger partial charge in [0.2, 0.25) is 0 Å². The van der Waals surface area contributed by atoms with Crippen LogP contribution in [0.25, 0.3) is 0 Å². The van der Waals surface area contributed by atoms with Gasteiger partial charge >= 0.3 is 11.9 Å². The first-order valence-electron chi connectivity index (χ1n) is 5.10. The standard InChI is InChI=1S/C12H16Cl2O4/c1-5-7-11(13,9(15)17-3)12(14,8-6-2)10(16)18-4/h5-6H,1-2,7-8H2,3-4H3. The molecule has 0 rings (SSSR count). The van der Waals surface area contributed by atoms with Crippen molar-refractivity contribution in [1.29, 1.82) is 0 Å². The van der Waals surface area contributed by atoms with Crippen molar-refractivity contribution in [1.82, 2.24) is 0 Å². The Morgan fingerprint density at radius 2 is 1.28 bits per heavy atom. The monoisotopic (exact) mass is 294 g/mol. The van der Waals surface area contributed by atoms with E-state index in [0.29, 0.717) is 0 Å². The van der Waals surface area contributed by atoms with Gasteiger partial charge in [0.15, 0.2) is 9.75 Å². The van der Waals surface area contributed by atoms with E-state index in [0.717, 1.165) is 14.2 Å². The number of hydrogen-bond acceptors (Lipinski definition) is 4. The molecule has 0 aliphatic carbocycles. The van der Waals surface area contributed by atoms with Gasteiger partial charge in [0.1, 0.15) is 0 Å². The summed E-state index contributed by atoms with van der Waals surface area (Å²) in [6.45, 7) is 6.98. The number of ether oxygens (including phenoxy) is 2. The number of alkyl halides is 2. The minimum Gasteiger partial charge on any atom is -0.468 e. The van der Waals surface area contributed by atoms with Crippen molar-refractivity contribution >= 4 is 35.1 Å². The van der Waals surface area contributed by atoms with Crippen LogP contribution in [0.3, 0.4) is 0 Å². The van der Waals surface area contributed by atoms with E-state index >= 15 is 0 Å². The van der Waals surface area contributed by atoms with Crippen LogP contribution in [-0.4, -0.2) is 35.9 Å². The average Bonchev–Trinajstić information content (AvgIpc) is 2.36. The van der Waals surface area contributed by atoms with Gasteiger partial charge in [-0.2, -0.15) is 0 Å². The van der Waals surface area contributed by atoms with Crippen LogP contribution in [-0.2, 0) is 19.1 Å². The number of carbonyl (C=O) groups excluding carboxylic acids is 2. The van der Waals surface area contributed by atoms with Crippen LogP contribution in [0.2, 0.25) is 0 Å². The molecule has 2 unspecified atom stereocenters. The van der Waals surface area contributed by atoms with Gasteiger partial charge in [0.25, 0.3) is 0 Å². The Bertz CT molecular complexity index is 322. The number of carbonyl (C=O) groups is 2. The molecule has 0 aromatic heterocycles. The number of rotatable bonds is 7. The first kappa shape index (κ1) is 17.0. The lowest BCUT2D eigenvalue weighted by molar-refractivity contribution is -0.153. The molecule has 18 heavy (non-hydrogen) atoms. The maximum absolute atomic E-state index is 11.8. The molecule has 0 aromatic rings. The van der Waals surface area contributed by atoms with Crippen LogP contribution in [0.1, 0.15) is 12.8 Å². The number of esters is 2. The van der Waals surface area contributed by atoms with Crippen molar-refractivity contribution in [2.24, 2.45) is 0 Å². The van der Waals surface area contributed by atoms with E-state index in [1.54, 1.807) is 0 Å². The highest BCUT2D eigenvalue weighted by atomic mass is 35.5. The van der Waals surface area contributed by atoms with E-state index in [-0.39, 0.29) is 12.8 Å². The molecular formula is C12H16Cl2O4. The molecule has 102 valence electrons. The Kier molecular flexibility index (Phi) is 6.43. The zero-order valence-corrected chi connectivity index (χ0v) is 11.9. The minimum atomic E-state index is -1.80. The van der Waals surface area contributed by atoms with E-state index in [4.69, 9.17) is 23.2 Å². The molecule has 0 saturated carbocycles. The molecule has 0 saturated heterocycles. The van der Waals surface area contributed by atoms with Gasteiger partial charge in [-0.1, -0.05) is 12.2 Å². The topological polar surface area (TPSA) is 52.6 Å². The molecule has 0 amide bonds. The van der Waals surface area contributed by atoms with E-state index in [2.05, 4.69) is 22.6 Å². The van der Waals surface area contributed by atoms with Gasteiger partial charge in [0, 0.05) is 0 Å². The third kappa shape index (κ3) is 2.87. The number of halogens is 2. The molecule has 6 heteroatoms. The largest absolute Gasteiger partial charge is 0.468 e. The molecule has 4 nitrogen and oxygen atoms in total. The van der Waals surface area contributed by atoms with Crippen LogP contribution in [0, 0.1) is 0 Å². The van der Waals surface area contributed by atoms with Crippen LogP contribution in [0.4, 0.5) is 0 Å². The lowest BCUT2D eigenvalue weighted by atomic mass is 9.84. The molecular weight excluding hydrogens is 279 g/mol. The molecule has 0 bridgehead atoms. The van der Waals surface area contributed by atoms with Gasteiger partial charge in [0.05, 0.1) is 14.2 Å². The van der Waals surface area contributed by atoms with Crippen molar-refractivity contribution in [2.45, 2.75) is 22.6 Å². The zero-order valence-electron chi connectivity index (χ0n) is 10.4. The normalized spacial score (nSPS) is 16.9. The summed E-state index contributed by atoms with van der Waals surface area (Å²) in [6.07, 6.45) is 2.67. The van der Waals surface area contributed by atoms with E-state index in [1.165, 1.54) is 12.2 Å². The summed E-state index contributed by atoms with van der Waals surface area (Å²) in [5.74, 6) is -1.65. The number of hydrogen-bond donors (Lipinski definition) is 0. The molecule has 0 N–H and O–H groups in total. The summed E-state index contributed by atoms with van der Waals surface area (Å²) < 4.78 is 9.22. The summed E-state index contributed by atoms with van der Waals surface area (Å²) in [6, 6.07) is 0. The first-order valence-corrected chi connectivity index (χ1v) is 5.86. The van der Waals surface area contributed by atoms with Gasteiger partial charge in [-0.15, -0.1) is 36.4 Å². The van der Waals surface area contributed by atoms with Crippen LogP contribution >= 0.6 is 23.2 Å². The Labute approximate surface area is 117 Å². The Hall–Kier alpha value is -1.00. The maximum atomic E-state index is 11.8. The predicted octanol–water partition coefficient (Wildman–Crippen LogP) is 2.44. The fraction of sp³-hybridized carbons (Fsp3) is 0.500. The fourth-order valence-electron chi connectivity index (χ4n) is 1.54. The molecule has 0 aliphatic heterocycles. The Morgan fingerprint density at radius 3 is 1.44 bits per heavy atom. The Balaban J connectivity index is 5.76. The van der Waals surface area contributed by atoms with Gasteiger partial charge in [-0.25, -0.2) is 0 Å². The summed E-state index contributed by atoms with van der Waals surface area (Å²) in [5, 5.41) is 0. The molecule has 2 atom stereocenters. The minimum absolute atomic E-state index is 0.0479. The van der Waals surface area contributed by atoms with E-state index in [1.807, 2.05) is 0 Å². The van der Waals surface area contributed by atoms with Crippen LogP contribution in [0.15, 0.2) is 25.3 Å². The number of allylic oxidation sites excluding steroid dienone is 2. The second-order valence-electron chi connectivity index (χ2n) is 3.57. The van der Waals surface area contributed by atoms with E-state index in [9.17, 15) is 9.59 Å². The summed E-state index contributed by atoms with van der Waals surface area (Å²) in [7, 11) is 2.32. The summed E-state index contributed by atoms with van der Waals surface area (Å²) in [5.41, 5.74) is 0. The molecule has 0 spiro atoms. The van der Waals surface area contributed by atoms with Gasteiger partial charge in [-0.05, 0) is 12.8 Å². The fourth-order valence-corrected chi connectivity index (χ4v) is 2.22. The lowest BCUT2D eigenvalue weighted by Gasteiger charge is -2.36. The van der Waals surface area contributed by atoms with Crippen LogP contribution < -0.4 is 0 Å². The highest BCUT2D eigenvalue weighted by Gasteiger charge is 2.60. The van der Waals surface area contributed by atoms with Crippen molar-refractivity contribution < 1.29 is 19.1 Å². The molecule has 0 aromatic carbocycles. The predicted molar refractivity (Wildman–Crippen MR) is 70.8 cm³/mol. The SMILES string of the molecule is C=CCC(Cl)(C(=O)OC)C(Cl)(CC=C)C(=O)OC. The molecule has 0 fully saturated rings. The second kappa shape index (κ2) is 6.81. The van der Waals surface area contributed by atoms with E-state index < -0.39 is 21.7 Å². The molecule has 0 heterocycles. The zero-order chi connectivity index (χ0) is 14.4. The summed E-state index contributed by atoms with van der Waals surface area (Å²) >= 11 is 12.4. The van der Waals surface area contributed by atoms with Crippen molar-refractivity contribution in [2.75, 3.05) is 14.2 Å².